The van der Waals surface area contributed by atoms with Gasteiger partial charge in [0.2, 0.25) is 0 Å². The Morgan fingerprint density at radius 2 is 1.72 bits per heavy atom. The fraction of sp³-hybridized carbons (Fsp3) is 0.296. The zero-order valence-corrected chi connectivity index (χ0v) is 18.1. The van der Waals surface area contributed by atoms with E-state index in [0.29, 0.717) is 25.3 Å². The van der Waals surface area contributed by atoms with Gasteiger partial charge >= 0.3 is 0 Å². The molecule has 0 bridgehead atoms. The van der Waals surface area contributed by atoms with E-state index in [0.717, 1.165) is 48.6 Å². The summed E-state index contributed by atoms with van der Waals surface area (Å²) >= 11 is 0. The summed E-state index contributed by atoms with van der Waals surface area (Å²) in [5.41, 5.74) is 10.0. The van der Waals surface area contributed by atoms with Gasteiger partial charge < -0.3 is 20.1 Å². The minimum absolute atomic E-state index is 0.00751. The first-order chi connectivity index (χ1) is 15.7. The molecule has 0 aromatic heterocycles. The molecule has 0 aliphatic carbocycles. The van der Waals surface area contributed by atoms with E-state index in [1.165, 1.54) is 5.56 Å². The zero-order chi connectivity index (χ0) is 22.0. The first-order valence-corrected chi connectivity index (χ1v) is 11.2. The van der Waals surface area contributed by atoms with Gasteiger partial charge in [0.25, 0.3) is 5.91 Å². The quantitative estimate of drug-likeness (QED) is 0.658. The third-order valence-corrected chi connectivity index (χ3v) is 6.71. The van der Waals surface area contributed by atoms with Crippen molar-refractivity contribution in [3.63, 3.8) is 0 Å². The van der Waals surface area contributed by atoms with Crippen LogP contribution in [-0.4, -0.2) is 30.5 Å². The monoisotopic (exact) mass is 428 g/mol. The van der Waals surface area contributed by atoms with E-state index in [-0.39, 0.29) is 11.3 Å². The minimum atomic E-state index is -0.00751. The van der Waals surface area contributed by atoms with Crippen LogP contribution in [0, 0.1) is 0 Å². The van der Waals surface area contributed by atoms with Gasteiger partial charge in [0.15, 0.2) is 0 Å². The number of carbonyl (C=O) groups is 1. The summed E-state index contributed by atoms with van der Waals surface area (Å²) in [5, 5.41) is 0. The van der Waals surface area contributed by atoms with Gasteiger partial charge in [-0.3, -0.25) is 4.79 Å². The maximum atomic E-state index is 13.1. The van der Waals surface area contributed by atoms with Gasteiger partial charge in [-0.15, -0.1) is 0 Å². The number of nitrogens with two attached hydrogens (primary N) is 1. The number of carbonyl (C=O) groups excluding carboxylic acids is 1. The SMILES string of the molecule is NCc1ccc2c(c1)C1(CCN(C(=O)c3ccc(OCc4ccccc4)cc3)CC1)CO2. The molecule has 0 unspecified atom stereocenters. The first kappa shape index (κ1) is 20.6. The fourth-order valence-electron chi connectivity index (χ4n) is 4.71. The summed E-state index contributed by atoms with van der Waals surface area (Å²) in [7, 11) is 0. The molecule has 0 saturated carbocycles. The predicted molar refractivity (Wildman–Crippen MR) is 124 cm³/mol. The van der Waals surface area contributed by atoms with Gasteiger partial charge in [-0.1, -0.05) is 42.5 Å². The molecular formula is C27H28N2O3. The highest BCUT2D eigenvalue weighted by molar-refractivity contribution is 5.94. The third-order valence-electron chi connectivity index (χ3n) is 6.71. The zero-order valence-electron chi connectivity index (χ0n) is 18.1. The molecule has 2 aliphatic rings. The standard InChI is InChI=1S/C27H28N2O3/c28-17-21-6-11-25-24(16-21)27(19-32-25)12-14-29(15-13-27)26(30)22-7-9-23(10-8-22)31-18-20-4-2-1-3-5-20/h1-11,16H,12-15,17-19,28H2. The molecule has 1 spiro atoms. The first-order valence-electron chi connectivity index (χ1n) is 11.2. The number of hydrogen-bond donors (Lipinski definition) is 1. The Labute approximate surface area is 188 Å². The predicted octanol–water partition coefficient (Wildman–Crippen LogP) is 4.29. The maximum Gasteiger partial charge on any atom is 0.253 e. The molecular weight excluding hydrogens is 400 g/mol. The van der Waals surface area contributed by atoms with Crippen LogP contribution in [0.2, 0.25) is 0 Å². The third kappa shape index (κ3) is 3.96. The number of benzene rings is 3. The summed E-state index contributed by atoms with van der Waals surface area (Å²) in [6, 6.07) is 23.8. The molecule has 164 valence electrons. The van der Waals surface area contributed by atoms with Crippen molar-refractivity contribution < 1.29 is 14.3 Å². The number of nitrogens with zero attached hydrogens (tertiary/aromatic N) is 1. The van der Waals surface area contributed by atoms with E-state index in [9.17, 15) is 4.79 Å². The second-order valence-electron chi connectivity index (χ2n) is 8.69. The topological polar surface area (TPSA) is 64.8 Å². The van der Waals surface area contributed by atoms with Gasteiger partial charge in [-0.05, 0) is 54.3 Å². The Bertz CT molecular complexity index is 1090. The molecule has 1 fully saturated rings. The Hall–Kier alpha value is -3.31. The average molecular weight is 429 g/mol. The molecule has 5 rings (SSSR count). The smallest absolute Gasteiger partial charge is 0.253 e. The minimum Gasteiger partial charge on any atom is -0.492 e. The number of ether oxygens (including phenoxy) is 2. The van der Waals surface area contributed by atoms with E-state index in [4.69, 9.17) is 15.2 Å². The lowest BCUT2D eigenvalue weighted by Gasteiger charge is -2.38. The van der Waals surface area contributed by atoms with Crippen molar-refractivity contribution in [3.05, 3.63) is 95.1 Å². The second kappa shape index (κ2) is 8.67. The molecule has 32 heavy (non-hydrogen) atoms. The molecule has 3 aromatic carbocycles. The van der Waals surface area contributed by atoms with Crippen LogP contribution < -0.4 is 15.2 Å². The van der Waals surface area contributed by atoms with Crippen LogP contribution in [0.5, 0.6) is 11.5 Å². The Balaban J connectivity index is 1.21. The van der Waals surface area contributed by atoms with Crippen LogP contribution in [0.25, 0.3) is 0 Å². The van der Waals surface area contributed by atoms with Crippen molar-refractivity contribution in [1.82, 2.24) is 4.90 Å². The van der Waals surface area contributed by atoms with E-state index in [1.807, 2.05) is 71.6 Å². The van der Waals surface area contributed by atoms with Gasteiger partial charge in [-0.25, -0.2) is 0 Å². The normalized spacial score (nSPS) is 16.5. The molecule has 0 radical (unpaired) electrons. The second-order valence-corrected chi connectivity index (χ2v) is 8.69. The van der Waals surface area contributed by atoms with Crippen LogP contribution in [0.3, 0.4) is 0 Å². The molecule has 5 heteroatoms. The van der Waals surface area contributed by atoms with Gasteiger partial charge in [0.1, 0.15) is 18.1 Å². The summed E-state index contributed by atoms with van der Waals surface area (Å²) < 4.78 is 11.8. The van der Waals surface area contributed by atoms with Crippen molar-refractivity contribution in [1.29, 1.82) is 0 Å². The summed E-state index contributed by atoms with van der Waals surface area (Å²) in [6.07, 6.45) is 1.80. The van der Waals surface area contributed by atoms with Gasteiger partial charge in [0.05, 0.1) is 6.61 Å². The summed E-state index contributed by atoms with van der Waals surface area (Å²) in [4.78, 5) is 15.0. The van der Waals surface area contributed by atoms with E-state index < -0.39 is 0 Å². The van der Waals surface area contributed by atoms with Crippen LogP contribution >= 0.6 is 0 Å². The molecule has 2 heterocycles. The molecule has 1 saturated heterocycles. The van der Waals surface area contributed by atoms with Crippen LogP contribution in [0.15, 0.2) is 72.8 Å². The highest BCUT2D eigenvalue weighted by Gasteiger charge is 2.43. The lowest BCUT2D eigenvalue weighted by molar-refractivity contribution is 0.0646. The Morgan fingerprint density at radius 1 is 0.969 bits per heavy atom. The molecule has 2 N–H and O–H groups in total. The van der Waals surface area contributed by atoms with Crippen molar-refractivity contribution >= 4 is 5.91 Å². The number of rotatable bonds is 5. The molecule has 0 atom stereocenters. The molecule has 5 nitrogen and oxygen atoms in total. The fourth-order valence-corrected chi connectivity index (χ4v) is 4.71. The number of amides is 1. The lowest BCUT2D eigenvalue weighted by atomic mass is 9.74. The highest BCUT2D eigenvalue weighted by atomic mass is 16.5. The van der Waals surface area contributed by atoms with Gasteiger partial charge in [-0.2, -0.15) is 0 Å². The van der Waals surface area contributed by atoms with Crippen molar-refractivity contribution in [2.24, 2.45) is 5.73 Å². The molecule has 1 amide bonds. The van der Waals surface area contributed by atoms with E-state index >= 15 is 0 Å². The van der Waals surface area contributed by atoms with Crippen LogP contribution in [0.4, 0.5) is 0 Å². The average Bonchev–Trinajstić information content (AvgIpc) is 3.21. The number of piperidine rings is 1. The number of likely N-dealkylation sites (tertiary alicyclic amines) is 1. The van der Waals surface area contributed by atoms with Gasteiger partial charge in [0, 0.05) is 36.2 Å². The summed E-state index contributed by atoms with van der Waals surface area (Å²) in [5.74, 6) is 1.80. The summed E-state index contributed by atoms with van der Waals surface area (Å²) in [6.45, 7) is 3.17. The van der Waals surface area contributed by atoms with Crippen molar-refractivity contribution in [3.8, 4) is 11.5 Å². The highest BCUT2D eigenvalue weighted by Crippen LogP contribution is 2.46. The van der Waals surface area contributed by atoms with Crippen LogP contribution in [-0.2, 0) is 18.6 Å². The lowest BCUT2D eigenvalue weighted by Crippen LogP contribution is -2.46. The van der Waals surface area contributed by atoms with E-state index in [2.05, 4.69) is 6.07 Å². The molecule has 2 aliphatic heterocycles. The van der Waals surface area contributed by atoms with Crippen molar-refractivity contribution in [2.75, 3.05) is 19.7 Å². The maximum absolute atomic E-state index is 13.1. The van der Waals surface area contributed by atoms with E-state index in [1.54, 1.807) is 0 Å². The number of hydrogen-bond acceptors (Lipinski definition) is 4. The Morgan fingerprint density at radius 3 is 2.44 bits per heavy atom. The van der Waals surface area contributed by atoms with Crippen LogP contribution in [0.1, 0.15) is 39.9 Å². The number of fused-ring (bicyclic) bond motifs is 2. The van der Waals surface area contributed by atoms with Crippen molar-refractivity contribution in [2.45, 2.75) is 31.4 Å². The largest absolute Gasteiger partial charge is 0.492 e. The molecule has 3 aromatic rings. The Kier molecular flexibility index (Phi) is 5.58.